The van der Waals surface area contributed by atoms with Gasteiger partial charge in [0.1, 0.15) is 0 Å². The Bertz CT molecular complexity index is 114. The van der Waals surface area contributed by atoms with E-state index in [9.17, 15) is 0 Å². The molecule has 0 aromatic rings. The number of rotatable bonds is 0. The summed E-state index contributed by atoms with van der Waals surface area (Å²) in [6.07, 6.45) is 0. The molecule has 4 bridgehead atoms. The molecule has 0 N–H and O–H groups in total. The van der Waals surface area contributed by atoms with Crippen LogP contribution in [0.3, 0.4) is 0 Å². The summed E-state index contributed by atoms with van der Waals surface area (Å²) < 4.78 is 0. The van der Waals surface area contributed by atoms with E-state index in [1.54, 1.807) is 0 Å². The van der Waals surface area contributed by atoms with Crippen LogP contribution in [0.25, 0.3) is 0 Å². The molecular formula is C6H12Cl2N4Ru. The van der Waals surface area contributed by atoms with Crippen LogP contribution >= 0.6 is 0 Å². The van der Waals surface area contributed by atoms with Gasteiger partial charge in [-0.15, -0.1) is 0 Å². The Morgan fingerprint density at radius 1 is 0.462 bits per heavy atom. The molecule has 7 heteroatoms. The Morgan fingerprint density at radius 3 is 0.769 bits per heavy atom. The van der Waals surface area contributed by atoms with E-state index >= 15 is 0 Å². The summed E-state index contributed by atoms with van der Waals surface area (Å²) in [6.45, 7) is 7.12. The predicted octanol–water partition coefficient (Wildman–Crippen LogP) is -7.01. The predicted molar refractivity (Wildman–Crippen MR) is 36.6 cm³/mol. The number of hydrogen-bond donors (Lipinski definition) is 0. The largest absolute Gasteiger partial charge is 2.00 e. The molecule has 0 atom stereocenters. The van der Waals surface area contributed by atoms with Crippen molar-refractivity contribution in [2.75, 3.05) is 40.0 Å². The molecule has 0 amide bonds. The average molecular weight is 312 g/mol. The fraction of sp³-hybridized carbons (Fsp3) is 1.00. The molecule has 0 spiro atoms. The van der Waals surface area contributed by atoms with Crippen LogP contribution in [-0.4, -0.2) is 59.6 Å². The Balaban J connectivity index is 0.000000480. The van der Waals surface area contributed by atoms with Crippen molar-refractivity contribution in [2.45, 2.75) is 0 Å². The van der Waals surface area contributed by atoms with E-state index in [0.717, 1.165) is 0 Å². The third-order valence-corrected chi connectivity index (χ3v) is 2.40. The zero-order chi connectivity index (χ0) is 6.55. The summed E-state index contributed by atoms with van der Waals surface area (Å²) in [7, 11) is 0. The van der Waals surface area contributed by atoms with Gasteiger partial charge in [-0.2, -0.15) is 0 Å². The Morgan fingerprint density at radius 2 is 0.615 bits per heavy atom. The zero-order valence-corrected chi connectivity index (χ0v) is 10.4. The fourth-order valence-electron chi connectivity index (χ4n) is 2.23. The van der Waals surface area contributed by atoms with E-state index in [0.29, 0.717) is 0 Å². The maximum atomic E-state index is 2.47. The molecule has 4 aliphatic heterocycles. The van der Waals surface area contributed by atoms with Gasteiger partial charge in [0.15, 0.2) is 0 Å². The SMILES string of the molecule is C1N2CN3CN1CN(C2)C3.[Cl-].[Cl-].[Ru+2]. The van der Waals surface area contributed by atoms with Crippen LogP contribution in [0.15, 0.2) is 0 Å². The minimum atomic E-state index is 0. The number of nitrogens with zero attached hydrogens (tertiary/aromatic N) is 4. The van der Waals surface area contributed by atoms with Gasteiger partial charge in [0.25, 0.3) is 0 Å². The van der Waals surface area contributed by atoms with Crippen LogP contribution in [0.2, 0.25) is 0 Å². The molecule has 0 aromatic heterocycles. The Kier molecular flexibility index (Phi) is 5.64. The Labute approximate surface area is 104 Å². The van der Waals surface area contributed by atoms with Crippen molar-refractivity contribution < 1.29 is 44.3 Å². The first-order valence-electron chi connectivity index (χ1n) is 3.79. The second-order valence-electron chi connectivity index (χ2n) is 3.53. The second kappa shape index (κ2) is 5.22. The van der Waals surface area contributed by atoms with Crippen LogP contribution < -0.4 is 24.8 Å². The van der Waals surface area contributed by atoms with Gasteiger partial charge in [0, 0.05) is 0 Å². The van der Waals surface area contributed by atoms with Crippen molar-refractivity contribution in [3.63, 3.8) is 0 Å². The van der Waals surface area contributed by atoms with E-state index in [-0.39, 0.29) is 44.3 Å². The quantitative estimate of drug-likeness (QED) is 0.412. The average Bonchev–Trinajstić information content (AvgIpc) is 1.82. The first kappa shape index (κ1) is 14.0. The molecule has 0 saturated carbocycles. The van der Waals surface area contributed by atoms with E-state index in [1.807, 2.05) is 0 Å². The molecule has 78 valence electrons. The van der Waals surface area contributed by atoms with Crippen LogP contribution in [0.1, 0.15) is 0 Å². The van der Waals surface area contributed by atoms with Crippen molar-refractivity contribution in [3.05, 3.63) is 0 Å². The first-order valence-corrected chi connectivity index (χ1v) is 3.79. The Hall–Kier alpha value is 1.04. The summed E-state index contributed by atoms with van der Waals surface area (Å²) in [5.74, 6) is 0. The summed E-state index contributed by atoms with van der Waals surface area (Å²) in [6, 6.07) is 0. The maximum Gasteiger partial charge on any atom is 2.00 e. The van der Waals surface area contributed by atoms with Crippen molar-refractivity contribution in [1.29, 1.82) is 0 Å². The summed E-state index contributed by atoms with van der Waals surface area (Å²) in [5.41, 5.74) is 0. The molecule has 4 aliphatic rings. The van der Waals surface area contributed by atoms with Crippen LogP contribution in [0.5, 0.6) is 0 Å². The molecule has 4 nitrogen and oxygen atoms in total. The normalized spacial score (nSPS) is 44.3. The monoisotopic (exact) mass is 312 g/mol. The molecular weight excluding hydrogens is 300 g/mol. The molecule has 0 radical (unpaired) electrons. The van der Waals surface area contributed by atoms with Gasteiger partial charge in [-0.05, 0) is 0 Å². The summed E-state index contributed by atoms with van der Waals surface area (Å²) >= 11 is 0. The summed E-state index contributed by atoms with van der Waals surface area (Å²) in [5, 5.41) is 0. The van der Waals surface area contributed by atoms with Gasteiger partial charge in [-0.1, -0.05) is 0 Å². The van der Waals surface area contributed by atoms with E-state index < -0.39 is 0 Å². The topological polar surface area (TPSA) is 13.0 Å². The van der Waals surface area contributed by atoms with Crippen LogP contribution in [-0.2, 0) is 19.5 Å². The molecule has 0 unspecified atom stereocenters. The molecule has 0 aromatic carbocycles. The van der Waals surface area contributed by atoms with Gasteiger partial charge in [-0.3, -0.25) is 19.6 Å². The zero-order valence-electron chi connectivity index (χ0n) is 7.14. The minimum absolute atomic E-state index is 0. The summed E-state index contributed by atoms with van der Waals surface area (Å²) in [4.78, 5) is 9.88. The van der Waals surface area contributed by atoms with Crippen molar-refractivity contribution in [1.82, 2.24) is 19.6 Å². The van der Waals surface area contributed by atoms with Gasteiger partial charge in [0.2, 0.25) is 0 Å². The van der Waals surface area contributed by atoms with Crippen molar-refractivity contribution in [3.8, 4) is 0 Å². The van der Waals surface area contributed by atoms with E-state index in [4.69, 9.17) is 0 Å². The van der Waals surface area contributed by atoms with Gasteiger partial charge < -0.3 is 24.8 Å². The van der Waals surface area contributed by atoms with Gasteiger partial charge >= 0.3 is 19.5 Å². The van der Waals surface area contributed by atoms with E-state index in [2.05, 4.69) is 19.6 Å². The van der Waals surface area contributed by atoms with Crippen LogP contribution in [0, 0.1) is 0 Å². The van der Waals surface area contributed by atoms with E-state index in [1.165, 1.54) is 40.0 Å². The molecule has 4 heterocycles. The molecule has 13 heavy (non-hydrogen) atoms. The molecule has 4 saturated heterocycles. The third-order valence-electron chi connectivity index (χ3n) is 2.40. The smallest absolute Gasteiger partial charge is 1.00 e. The van der Waals surface area contributed by atoms with Crippen molar-refractivity contribution in [2.24, 2.45) is 0 Å². The fourth-order valence-corrected chi connectivity index (χ4v) is 2.23. The van der Waals surface area contributed by atoms with Crippen molar-refractivity contribution >= 4 is 0 Å². The molecule has 4 fully saturated rings. The number of hydrogen-bond acceptors (Lipinski definition) is 4. The third kappa shape index (κ3) is 2.54. The standard InChI is InChI=1S/C6H12N4.2ClH.Ru/c1-7-2-9-4-8(1)5-10(3-7)6-9;;;/h1-6H2;2*1H;/q;;;+2/p-2. The van der Waals surface area contributed by atoms with Crippen LogP contribution in [0.4, 0.5) is 0 Å². The number of halogens is 2. The first-order chi connectivity index (χ1) is 4.90. The maximum absolute atomic E-state index is 2.47. The molecule has 0 aliphatic carbocycles. The van der Waals surface area contributed by atoms with Gasteiger partial charge in [0.05, 0.1) is 40.0 Å². The van der Waals surface area contributed by atoms with Gasteiger partial charge in [-0.25, -0.2) is 0 Å². The molecule has 4 rings (SSSR count). The second-order valence-corrected chi connectivity index (χ2v) is 3.53. The minimum Gasteiger partial charge on any atom is -1.00 e.